The Morgan fingerprint density at radius 1 is 1.30 bits per heavy atom. The lowest BCUT2D eigenvalue weighted by Gasteiger charge is -2.20. The largest absolute Gasteiger partial charge is 0.350 e. The molecule has 1 amide bonds. The fourth-order valence-corrected chi connectivity index (χ4v) is 3.84. The summed E-state index contributed by atoms with van der Waals surface area (Å²) in [4.78, 5) is 25.3. The first-order valence-corrected chi connectivity index (χ1v) is 8.74. The van der Waals surface area contributed by atoms with Crippen molar-refractivity contribution in [2.45, 2.75) is 12.8 Å². The predicted octanol–water partition coefficient (Wildman–Crippen LogP) is 2.67. The highest BCUT2D eigenvalue weighted by molar-refractivity contribution is 6.08. The number of carbonyl (C=O) groups is 1. The van der Waals surface area contributed by atoms with Crippen LogP contribution in [0.5, 0.6) is 0 Å². The van der Waals surface area contributed by atoms with Crippen LogP contribution >= 0.6 is 0 Å². The van der Waals surface area contributed by atoms with E-state index in [1.807, 2.05) is 12.4 Å². The minimum atomic E-state index is -0.323. The molecule has 6 nitrogen and oxygen atoms in total. The molecule has 7 heteroatoms. The third-order valence-electron chi connectivity index (χ3n) is 5.28. The number of anilines is 1. The molecule has 1 aliphatic carbocycles. The van der Waals surface area contributed by atoms with Crippen molar-refractivity contribution < 1.29 is 9.18 Å². The van der Waals surface area contributed by atoms with Crippen molar-refractivity contribution in [3.8, 4) is 0 Å². The third kappa shape index (κ3) is 2.63. The van der Waals surface area contributed by atoms with Gasteiger partial charge in [0, 0.05) is 17.8 Å². The lowest BCUT2D eigenvalue weighted by atomic mass is 9.90. The minimum Gasteiger partial charge on any atom is -0.350 e. The van der Waals surface area contributed by atoms with Crippen LogP contribution < -0.4 is 10.6 Å². The molecule has 0 bridgehead atoms. The molecule has 1 spiro atoms. The van der Waals surface area contributed by atoms with Crippen molar-refractivity contribution >= 4 is 23.1 Å². The molecule has 2 N–H and O–H groups in total. The van der Waals surface area contributed by atoms with Gasteiger partial charge in [-0.15, -0.1) is 0 Å². The monoisotopic (exact) mass is 361 g/mol. The van der Waals surface area contributed by atoms with Crippen LogP contribution in [-0.4, -0.2) is 21.7 Å². The molecule has 1 fully saturated rings. The number of carbonyl (C=O) groups excluding carboxylic acids is 1. The van der Waals surface area contributed by atoms with Gasteiger partial charge in [0.25, 0.3) is 0 Å². The van der Waals surface area contributed by atoms with E-state index in [0.29, 0.717) is 11.7 Å². The number of halogens is 1. The van der Waals surface area contributed by atoms with Gasteiger partial charge in [-0.05, 0) is 36.2 Å². The summed E-state index contributed by atoms with van der Waals surface area (Å²) < 4.78 is 13.0. The number of allylic oxidation sites excluding steroid dienone is 1. The van der Waals surface area contributed by atoms with Gasteiger partial charge in [0.1, 0.15) is 23.8 Å². The molecule has 1 aromatic carbocycles. The van der Waals surface area contributed by atoms with Gasteiger partial charge in [-0.3, -0.25) is 4.79 Å². The van der Waals surface area contributed by atoms with Crippen molar-refractivity contribution in [3.63, 3.8) is 0 Å². The van der Waals surface area contributed by atoms with Crippen LogP contribution in [0.3, 0.4) is 0 Å². The van der Waals surface area contributed by atoms with Gasteiger partial charge in [0.05, 0.1) is 17.5 Å². The molecule has 134 valence electrons. The van der Waals surface area contributed by atoms with Crippen molar-refractivity contribution in [3.05, 3.63) is 72.2 Å². The zero-order valence-corrected chi connectivity index (χ0v) is 14.3. The molecule has 2 aliphatic heterocycles. The summed E-state index contributed by atoms with van der Waals surface area (Å²) in [5.41, 5.74) is 2.45. The van der Waals surface area contributed by atoms with E-state index in [1.54, 1.807) is 18.2 Å². The van der Waals surface area contributed by atoms with E-state index in [0.717, 1.165) is 29.1 Å². The third-order valence-corrected chi connectivity index (χ3v) is 5.28. The second kappa shape index (κ2) is 5.84. The molecule has 1 aromatic heterocycles. The number of amidine groups is 1. The van der Waals surface area contributed by atoms with Crippen LogP contribution in [0.25, 0.3) is 5.57 Å². The number of amides is 1. The molecule has 2 unspecified atom stereocenters. The summed E-state index contributed by atoms with van der Waals surface area (Å²) in [7, 11) is 0. The van der Waals surface area contributed by atoms with Gasteiger partial charge in [-0.25, -0.2) is 19.4 Å². The molecule has 3 aliphatic rings. The van der Waals surface area contributed by atoms with Gasteiger partial charge in [0.15, 0.2) is 0 Å². The number of rotatable bonds is 4. The lowest BCUT2D eigenvalue weighted by Crippen LogP contribution is -2.31. The summed E-state index contributed by atoms with van der Waals surface area (Å²) in [5.74, 6) is 1.31. The van der Waals surface area contributed by atoms with Gasteiger partial charge in [-0.2, -0.15) is 0 Å². The van der Waals surface area contributed by atoms with E-state index >= 15 is 0 Å². The van der Waals surface area contributed by atoms with E-state index in [2.05, 4.69) is 31.7 Å². The number of benzene rings is 1. The molecule has 3 heterocycles. The summed E-state index contributed by atoms with van der Waals surface area (Å²) in [6, 6.07) is 7.65. The fourth-order valence-electron chi connectivity index (χ4n) is 3.84. The smallest absolute Gasteiger partial charge is 0.229 e. The predicted molar refractivity (Wildman–Crippen MR) is 99.0 cm³/mol. The second-order valence-electron chi connectivity index (χ2n) is 6.95. The SMILES string of the molecule is O=C(Cc1ccc(F)cc1)Nc1cc(C2=CN=C3NC=CC4CC234)ncn1. The normalized spacial score (nSPS) is 24.3. The van der Waals surface area contributed by atoms with Crippen LogP contribution in [0, 0.1) is 17.2 Å². The highest BCUT2D eigenvalue weighted by Gasteiger charge is 2.62. The molecule has 0 saturated heterocycles. The van der Waals surface area contributed by atoms with Crippen molar-refractivity contribution in [1.29, 1.82) is 0 Å². The molecule has 1 saturated carbocycles. The molecule has 2 atom stereocenters. The van der Waals surface area contributed by atoms with Gasteiger partial charge >= 0.3 is 0 Å². The van der Waals surface area contributed by atoms with Crippen LogP contribution in [0.15, 0.2) is 60.1 Å². The zero-order valence-electron chi connectivity index (χ0n) is 14.3. The number of nitrogens with zero attached hydrogens (tertiary/aromatic N) is 3. The topological polar surface area (TPSA) is 79.3 Å². The maximum Gasteiger partial charge on any atom is 0.229 e. The first-order valence-electron chi connectivity index (χ1n) is 8.74. The van der Waals surface area contributed by atoms with Gasteiger partial charge in [0.2, 0.25) is 5.91 Å². The Hall–Kier alpha value is -3.35. The van der Waals surface area contributed by atoms with Gasteiger partial charge in [-0.1, -0.05) is 18.2 Å². The van der Waals surface area contributed by atoms with E-state index in [1.165, 1.54) is 18.5 Å². The minimum absolute atomic E-state index is 0.0987. The second-order valence-corrected chi connectivity index (χ2v) is 6.95. The highest BCUT2D eigenvalue weighted by Crippen LogP contribution is 2.64. The number of hydrogen-bond acceptors (Lipinski definition) is 5. The zero-order chi connectivity index (χ0) is 18.4. The van der Waals surface area contributed by atoms with Crippen molar-refractivity contribution in [1.82, 2.24) is 15.3 Å². The average molecular weight is 361 g/mol. The number of nitrogens with one attached hydrogen (secondary N) is 2. The Bertz CT molecular complexity index is 1030. The van der Waals surface area contributed by atoms with E-state index in [9.17, 15) is 9.18 Å². The highest BCUT2D eigenvalue weighted by atomic mass is 19.1. The lowest BCUT2D eigenvalue weighted by molar-refractivity contribution is -0.115. The van der Waals surface area contributed by atoms with Crippen LogP contribution in [-0.2, 0) is 11.2 Å². The van der Waals surface area contributed by atoms with Gasteiger partial charge < -0.3 is 10.6 Å². The Morgan fingerprint density at radius 2 is 2.15 bits per heavy atom. The molecule has 5 rings (SSSR count). The Morgan fingerprint density at radius 3 is 3.00 bits per heavy atom. The quantitative estimate of drug-likeness (QED) is 0.878. The van der Waals surface area contributed by atoms with Crippen LogP contribution in [0.2, 0.25) is 0 Å². The molecular formula is C20H16FN5O. The van der Waals surface area contributed by atoms with Crippen LogP contribution in [0.4, 0.5) is 10.2 Å². The maximum atomic E-state index is 13.0. The fraction of sp³-hybridized carbons (Fsp3) is 0.200. The molecule has 0 radical (unpaired) electrons. The summed E-state index contributed by atoms with van der Waals surface area (Å²) in [6.45, 7) is 0. The summed E-state index contributed by atoms with van der Waals surface area (Å²) in [5, 5.41) is 6.01. The van der Waals surface area contributed by atoms with E-state index in [4.69, 9.17) is 0 Å². The summed E-state index contributed by atoms with van der Waals surface area (Å²) >= 11 is 0. The average Bonchev–Trinajstić information content (AvgIpc) is 3.29. The van der Waals surface area contributed by atoms with Crippen molar-refractivity contribution in [2.24, 2.45) is 16.3 Å². The van der Waals surface area contributed by atoms with E-state index in [-0.39, 0.29) is 23.6 Å². The number of aromatic nitrogens is 2. The Kier molecular flexibility index (Phi) is 3.43. The first kappa shape index (κ1) is 15.9. The van der Waals surface area contributed by atoms with Crippen LogP contribution in [0.1, 0.15) is 17.7 Å². The molecular weight excluding hydrogens is 345 g/mol. The standard InChI is InChI=1S/C20H16FN5O/c21-14-3-1-12(2-4-14)7-18(27)26-17-8-16(24-11-25-17)15-10-23-19-20(15)9-13(20)5-6-22-19/h1-6,8,10-11,13H,7,9H2,(H,22,23)(H,24,25,26,27). The maximum absolute atomic E-state index is 13.0. The number of hydrogen-bond donors (Lipinski definition) is 2. The van der Waals surface area contributed by atoms with E-state index < -0.39 is 0 Å². The molecule has 2 aromatic rings. The first-order chi connectivity index (χ1) is 13.1. The molecule has 27 heavy (non-hydrogen) atoms. The Balaban J connectivity index is 1.32. The van der Waals surface area contributed by atoms with Crippen molar-refractivity contribution in [2.75, 3.05) is 5.32 Å². The Labute approximate surface area is 155 Å². The number of aliphatic imine (C=N–C) groups is 1. The summed E-state index contributed by atoms with van der Waals surface area (Å²) in [6.07, 6.45) is 8.55.